The van der Waals surface area contributed by atoms with Gasteiger partial charge in [-0.3, -0.25) is 9.59 Å². The molecule has 0 aromatic carbocycles. The van der Waals surface area contributed by atoms with Gasteiger partial charge in [-0.1, -0.05) is 270 Å². The van der Waals surface area contributed by atoms with Crippen molar-refractivity contribution >= 4 is 11.9 Å². The van der Waals surface area contributed by atoms with E-state index in [1.807, 2.05) is 0 Å². The second kappa shape index (κ2) is 53.7. The molecule has 0 spiro atoms. The fraction of sp³-hybridized carbons (Fsp3) is 0.895. The predicted molar refractivity (Wildman–Crippen MR) is 270 cm³/mol. The van der Waals surface area contributed by atoms with Crippen molar-refractivity contribution in [3.05, 3.63) is 24.3 Å². The summed E-state index contributed by atoms with van der Waals surface area (Å²) in [6.07, 6.45) is 63.4. The summed E-state index contributed by atoms with van der Waals surface area (Å²) in [5.74, 6) is -0.394. The first-order chi connectivity index (χ1) is 30.6. The van der Waals surface area contributed by atoms with E-state index in [0.717, 1.165) is 51.4 Å². The second-order valence-corrected chi connectivity index (χ2v) is 18.9. The third-order valence-corrected chi connectivity index (χ3v) is 12.5. The first-order valence-electron chi connectivity index (χ1n) is 27.9. The number of allylic oxidation sites excluding steroid dienone is 4. The normalized spacial score (nSPS) is 12.2. The summed E-state index contributed by atoms with van der Waals surface area (Å²) in [7, 11) is 0. The second-order valence-electron chi connectivity index (χ2n) is 18.9. The van der Waals surface area contributed by atoms with E-state index in [4.69, 9.17) is 14.2 Å². The van der Waals surface area contributed by atoms with Gasteiger partial charge in [0, 0.05) is 19.4 Å². The average molecular weight is 873 g/mol. The van der Waals surface area contributed by atoms with Crippen LogP contribution in [0.3, 0.4) is 0 Å². The number of carbonyl (C=O) groups excluding carboxylic acids is 2. The molecule has 0 rings (SSSR count). The summed E-state index contributed by atoms with van der Waals surface area (Å²) in [5.41, 5.74) is 0. The number of hydrogen-bond donors (Lipinski definition) is 0. The molecule has 0 aliphatic carbocycles. The van der Waals surface area contributed by atoms with Crippen LogP contribution in [0.25, 0.3) is 0 Å². The number of hydrogen-bond acceptors (Lipinski definition) is 5. The van der Waals surface area contributed by atoms with Gasteiger partial charge in [0.05, 0.1) is 6.61 Å². The molecule has 1 atom stereocenters. The van der Waals surface area contributed by atoms with Crippen molar-refractivity contribution in [1.29, 1.82) is 0 Å². The van der Waals surface area contributed by atoms with Crippen LogP contribution in [0, 0.1) is 0 Å². The largest absolute Gasteiger partial charge is 0.462 e. The molecule has 0 fully saturated rings. The van der Waals surface area contributed by atoms with Gasteiger partial charge in [-0.25, -0.2) is 0 Å². The van der Waals surface area contributed by atoms with E-state index in [0.29, 0.717) is 26.1 Å². The predicted octanol–water partition coefficient (Wildman–Crippen LogP) is 18.8. The quantitative estimate of drug-likeness (QED) is 0.0346. The van der Waals surface area contributed by atoms with Crippen LogP contribution in [0.1, 0.15) is 303 Å². The van der Waals surface area contributed by atoms with Gasteiger partial charge in [0.15, 0.2) is 6.10 Å². The number of carbonyl (C=O) groups is 2. The van der Waals surface area contributed by atoms with E-state index >= 15 is 0 Å². The van der Waals surface area contributed by atoms with Crippen LogP contribution in [-0.4, -0.2) is 37.9 Å². The third kappa shape index (κ3) is 51.0. The summed E-state index contributed by atoms with van der Waals surface area (Å²) in [5, 5.41) is 0. The summed E-state index contributed by atoms with van der Waals surface area (Å²) in [6, 6.07) is 0. The van der Waals surface area contributed by atoms with Gasteiger partial charge >= 0.3 is 11.9 Å². The van der Waals surface area contributed by atoms with Gasteiger partial charge in [-0.05, 0) is 44.9 Å². The fourth-order valence-electron chi connectivity index (χ4n) is 8.32. The highest BCUT2D eigenvalue weighted by atomic mass is 16.6. The lowest BCUT2D eigenvalue weighted by atomic mass is 10.0. The zero-order valence-electron chi connectivity index (χ0n) is 42.2. The van der Waals surface area contributed by atoms with Crippen molar-refractivity contribution in [2.24, 2.45) is 0 Å². The Morgan fingerprint density at radius 1 is 0.355 bits per heavy atom. The molecule has 0 aliphatic rings. The first kappa shape index (κ1) is 60.4. The van der Waals surface area contributed by atoms with Crippen molar-refractivity contribution in [2.45, 2.75) is 309 Å². The van der Waals surface area contributed by atoms with Crippen LogP contribution in [0.2, 0.25) is 0 Å². The topological polar surface area (TPSA) is 61.8 Å². The number of unbranched alkanes of at least 4 members (excludes halogenated alkanes) is 37. The first-order valence-corrected chi connectivity index (χ1v) is 27.9. The zero-order valence-corrected chi connectivity index (χ0v) is 42.2. The number of ether oxygens (including phenoxy) is 3. The van der Waals surface area contributed by atoms with E-state index in [1.165, 1.54) is 218 Å². The van der Waals surface area contributed by atoms with Crippen molar-refractivity contribution in [3.8, 4) is 0 Å². The van der Waals surface area contributed by atoms with Crippen LogP contribution in [0.15, 0.2) is 24.3 Å². The highest BCUT2D eigenvalue weighted by molar-refractivity contribution is 5.70. The summed E-state index contributed by atoms with van der Waals surface area (Å²) < 4.78 is 17.4. The summed E-state index contributed by atoms with van der Waals surface area (Å²) >= 11 is 0. The SMILES string of the molecule is CCC/C=C\C/C=C\CCCCCCCC(=O)OCC(COCCCCCCCCCCCCCCCCCCCCCC)OC(=O)CCCCCCCCCCCCCCC. The molecule has 0 heterocycles. The molecule has 0 aromatic heterocycles. The molecule has 5 nitrogen and oxygen atoms in total. The Morgan fingerprint density at radius 3 is 1.13 bits per heavy atom. The Labute approximate surface area is 387 Å². The molecule has 0 aromatic rings. The standard InChI is InChI=1S/C57H108O5/c1-4-7-10-13-16-19-22-25-26-27-28-29-30-31-34-37-40-43-46-49-52-60-53-55(62-57(59)51-48-45-42-39-36-33-24-21-18-15-12-9-6-3)54-61-56(58)50-47-44-41-38-35-32-23-20-17-14-11-8-5-2/h11,14,20,23,55H,4-10,12-13,15-19,21-22,24-54H2,1-3H3/b14-11-,23-20-. The Hall–Kier alpha value is -1.62. The van der Waals surface area contributed by atoms with E-state index in [2.05, 4.69) is 45.1 Å². The molecular weight excluding hydrogens is 765 g/mol. The van der Waals surface area contributed by atoms with E-state index in [9.17, 15) is 9.59 Å². The van der Waals surface area contributed by atoms with Crippen LogP contribution in [0.4, 0.5) is 0 Å². The summed E-state index contributed by atoms with van der Waals surface area (Å²) in [4.78, 5) is 25.4. The van der Waals surface area contributed by atoms with Crippen LogP contribution in [0.5, 0.6) is 0 Å². The monoisotopic (exact) mass is 873 g/mol. The maximum absolute atomic E-state index is 12.8. The van der Waals surface area contributed by atoms with Gasteiger partial charge in [0.25, 0.3) is 0 Å². The molecule has 0 saturated carbocycles. The lowest BCUT2D eigenvalue weighted by molar-refractivity contribution is -0.163. The maximum atomic E-state index is 12.8. The Balaban J connectivity index is 4.17. The van der Waals surface area contributed by atoms with Gasteiger partial charge in [-0.2, -0.15) is 0 Å². The molecule has 366 valence electrons. The number of rotatable bonds is 52. The lowest BCUT2D eigenvalue weighted by Crippen LogP contribution is -2.30. The third-order valence-electron chi connectivity index (χ3n) is 12.5. The highest BCUT2D eigenvalue weighted by Gasteiger charge is 2.17. The Morgan fingerprint density at radius 2 is 0.710 bits per heavy atom. The fourth-order valence-corrected chi connectivity index (χ4v) is 8.32. The maximum Gasteiger partial charge on any atom is 0.306 e. The molecule has 5 heteroatoms. The van der Waals surface area contributed by atoms with Crippen LogP contribution in [-0.2, 0) is 23.8 Å². The van der Waals surface area contributed by atoms with Crippen molar-refractivity contribution in [3.63, 3.8) is 0 Å². The minimum Gasteiger partial charge on any atom is -0.462 e. The molecule has 1 unspecified atom stereocenters. The summed E-state index contributed by atoms with van der Waals surface area (Å²) in [6.45, 7) is 7.82. The highest BCUT2D eigenvalue weighted by Crippen LogP contribution is 2.17. The van der Waals surface area contributed by atoms with E-state index < -0.39 is 6.10 Å². The zero-order chi connectivity index (χ0) is 44.9. The molecule has 0 amide bonds. The Kier molecular flexibility index (Phi) is 52.3. The minimum atomic E-state index is -0.534. The molecule has 62 heavy (non-hydrogen) atoms. The molecular formula is C57H108O5. The molecule has 0 N–H and O–H groups in total. The van der Waals surface area contributed by atoms with Crippen LogP contribution >= 0.6 is 0 Å². The molecule has 0 aliphatic heterocycles. The van der Waals surface area contributed by atoms with Gasteiger partial charge in [0.1, 0.15) is 6.61 Å². The van der Waals surface area contributed by atoms with Crippen molar-refractivity contribution in [2.75, 3.05) is 19.8 Å². The number of esters is 2. The smallest absolute Gasteiger partial charge is 0.306 e. The molecule has 0 radical (unpaired) electrons. The van der Waals surface area contributed by atoms with Gasteiger partial charge < -0.3 is 14.2 Å². The average Bonchev–Trinajstić information content (AvgIpc) is 3.27. The van der Waals surface area contributed by atoms with Crippen molar-refractivity contribution in [1.82, 2.24) is 0 Å². The Bertz CT molecular complexity index is 943. The van der Waals surface area contributed by atoms with Gasteiger partial charge in [0.2, 0.25) is 0 Å². The van der Waals surface area contributed by atoms with E-state index in [-0.39, 0.29) is 18.5 Å². The lowest BCUT2D eigenvalue weighted by Gasteiger charge is -2.18. The molecule has 0 bridgehead atoms. The van der Waals surface area contributed by atoms with Crippen LogP contribution < -0.4 is 0 Å². The molecule has 0 saturated heterocycles. The van der Waals surface area contributed by atoms with Crippen molar-refractivity contribution < 1.29 is 23.8 Å². The van der Waals surface area contributed by atoms with Gasteiger partial charge in [-0.15, -0.1) is 0 Å². The minimum absolute atomic E-state index is 0.0857. The van der Waals surface area contributed by atoms with E-state index in [1.54, 1.807) is 0 Å².